The fourth-order valence-corrected chi connectivity index (χ4v) is 26.9. The Labute approximate surface area is 812 Å². The molecule has 0 saturated carbocycles. The third-order valence-corrected chi connectivity index (χ3v) is 32.2. The Hall–Kier alpha value is -18.0. The van der Waals surface area contributed by atoms with Gasteiger partial charge < -0.3 is 18.9 Å². The van der Waals surface area contributed by atoms with Crippen LogP contribution in [0.2, 0.25) is 0 Å². The smallest absolute Gasteiger partial charge is 0.0754 e. The highest BCUT2D eigenvalue weighted by atomic mass is 15.2. The predicted octanol–water partition coefficient (Wildman–Crippen LogP) is 33.9. The molecular weight excluding hydrogens is 1690 g/mol. The van der Waals surface area contributed by atoms with Gasteiger partial charge in [0, 0.05) is 55.5 Å². The number of hydrogen-bond acceptors (Lipinski definition) is 2. The summed E-state index contributed by atoms with van der Waals surface area (Å²) in [4.78, 5) is 5.09. The zero-order chi connectivity index (χ0) is 91.7. The molecule has 0 amide bonds. The molecule has 4 aliphatic carbocycles. The van der Waals surface area contributed by atoms with Gasteiger partial charge in [-0.2, -0.15) is 0 Å². The molecule has 4 heterocycles. The molecule has 0 fully saturated rings. The normalized spacial score (nSPS) is 15.5. The third kappa shape index (κ3) is 10.5. The summed E-state index contributed by atoms with van der Waals surface area (Å²) in [5, 5.41) is 4.97. The van der Waals surface area contributed by atoms with Crippen LogP contribution in [0.4, 0.5) is 34.1 Å². The van der Waals surface area contributed by atoms with Gasteiger partial charge in [-0.3, -0.25) is 0 Å². The number of anilines is 6. The van der Waals surface area contributed by atoms with E-state index in [9.17, 15) is 0 Å². The summed E-state index contributed by atoms with van der Waals surface area (Å²) >= 11 is 0. The van der Waals surface area contributed by atoms with Crippen molar-refractivity contribution in [1.29, 1.82) is 0 Å². The van der Waals surface area contributed by atoms with E-state index in [1.807, 2.05) is 0 Å². The van der Waals surface area contributed by atoms with Crippen LogP contribution < -0.4 is 9.80 Å². The van der Waals surface area contributed by atoms with E-state index in [2.05, 4.69) is 541 Å². The second-order valence-corrected chi connectivity index (χ2v) is 38.6. The van der Waals surface area contributed by atoms with Gasteiger partial charge in [-0.1, -0.05) is 425 Å². The van der Waals surface area contributed by atoms with Gasteiger partial charge in [-0.25, -0.2) is 0 Å². The Morgan fingerprint density at radius 2 is 0.471 bits per heavy atom. The van der Waals surface area contributed by atoms with E-state index in [4.69, 9.17) is 0 Å². The molecule has 6 aliphatic rings. The molecule has 2 atom stereocenters. The van der Waals surface area contributed by atoms with Gasteiger partial charge in [-0.05, 0) is 258 Å². The zero-order valence-corrected chi connectivity index (χ0v) is 76.4. The molecule has 0 bridgehead atoms. The summed E-state index contributed by atoms with van der Waals surface area (Å²) < 4.78 is 5.14. The minimum atomic E-state index is -0.693. The van der Waals surface area contributed by atoms with Gasteiger partial charge in [0.25, 0.3) is 0 Å². The fourth-order valence-electron chi connectivity index (χ4n) is 26.9. The number of fused-ring (bicyclic) bond motifs is 30. The molecule has 2 aromatic heterocycles. The monoisotopic (exact) mass is 1770 g/mol. The van der Waals surface area contributed by atoms with Crippen molar-refractivity contribution in [1.82, 2.24) is 9.13 Å². The molecule has 30 rings (SSSR count). The van der Waals surface area contributed by atoms with Crippen LogP contribution in [0.25, 0.3) is 133 Å². The van der Waals surface area contributed by atoms with Gasteiger partial charge in [0.05, 0.1) is 60.8 Å². The van der Waals surface area contributed by atoms with Crippen LogP contribution in [-0.4, -0.2) is 9.13 Å². The topological polar surface area (TPSA) is 16.3 Å². The predicted molar refractivity (Wildman–Crippen MR) is 577 cm³/mol. The van der Waals surface area contributed by atoms with Crippen molar-refractivity contribution in [2.45, 2.75) is 21.7 Å². The summed E-state index contributed by atoms with van der Waals surface area (Å²) in [6, 6.07) is 198. The van der Waals surface area contributed by atoms with E-state index >= 15 is 0 Å². The molecule has 0 radical (unpaired) electrons. The average molecular weight is 1780 g/mol. The Morgan fingerprint density at radius 1 is 0.150 bits per heavy atom. The number of para-hydroxylation sites is 6. The number of nitrogens with zero attached hydrogens (tertiary/aromatic N) is 4. The quantitative estimate of drug-likeness (QED) is 0.114. The first kappa shape index (κ1) is 78.4. The summed E-state index contributed by atoms with van der Waals surface area (Å²) in [6.45, 7) is 0. The molecule has 4 heteroatoms. The molecule has 0 N–H and O–H groups in total. The van der Waals surface area contributed by atoms with Crippen LogP contribution >= 0.6 is 0 Å². The van der Waals surface area contributed by atoms with Crippen molar-refractivity contribution < 1.29 is 0 Å². The van der Waals surface area contributed by atoms with Crippen molar-refractivity contribution in [3.63, 3.8) is 0 Å². The number of hydrogen-bond donors (Lipinski definition) is 0. The number of aromatic nitrogens is 2. The van der Waals surface area contributed by atoms with Crippen LogP contribution in [0.5, 0.6) is 0 Å². The Bertz CT molecular complexity index is 9270. The highest BCUT2D eigenvalue weighted by molar-refractivity contribution is 6.16. The summed E-state index contributed by atoms with van der Waals surface area (Å²) in [5.41, 5.74) is 48.1. The first-order valence-electron chi connectivity index (χ1n) is 48.9. The minimum absolute atomic E-state index is 0.607. The van der Waals surface area contributed by atoms with Gasteiger partial charge >= 0.3 is 0 Å². The summed E-state index contributed by atoms with van der Waals surface area (Å²) in [7, 11) is 0. The zero-order valence-electron chi connectivity index (χ0n) is 76.4. The molecule has 2 aliphatic heterocycles. The second-order valence-electron chi connectivity index (χ2n) is 38.6. The van der Waals surface area contributed by atoms with E-state index in [1.54, 1.807) is 0 Å². The van der Waals surface area contributed by atoms with Crippen molar-refractivity contribution in [2.24, 2.45) is 0 Å². The fraction of sp³-hybridized carbons (Fsp3) is 0.0294. The Kier molecular flexibility index (Phi) is 16.7. The van der Waals surface area contributed by atoms with Crippen molar-refractivity contribution in [3.05, 3.63) is 611 Å². The minimum Gasteiger partial charge on any atom is -0.310 e. The maximum absolute atomic E-state index is 2.60. The maximum atomic E-state index is 2.60. The average Bonchev–Trinajstić information content (AvgIpc) is 1.50. The van der Waals surface area contributed by atoms with Crippen LogP contribution in [0, 0.1) is 0 Å². The molecule has 24 aromatic rings. The van der Waals surface area contributed by atoms with E-state index in [0.29, 0.717) is 0 Å². The lowest BCUT2D eigenvalue weighted by Gasteiger charge is -2.39. The lowest BCUT2D eigenvalue weighted by molar-refractivity contribution is 0.748. The van der Waals surface area contributed by atoms with Crippen LogP contribution in [-0.2, 0) is 21.7 Å². The standard InChI is InChI=1S/C136H86N4/c1-6-36-87(37-7-1)101-50-20-28-66-126(101)138(100-72-77-107-103-52-17-23-59-115(103)134(125(107)86-100,94-45-12-4-13-46-94)95-47-14-5-15-48-95)98-74-79-119-113(84-98)105-54-19-25-61-117(105)136(119)121-63-27-31-69-129(121)140-130-82-91(70-75-109(130)111-57-35-65-123(136)132(111)140)89-39-32-38-88(80-89)90-40-33-49-96(81-90)137(99-71-76-106-102-51-16-22-58-114(102)133(124(106)85-99,92-41-8-2-9-42-92)93-43-10-3-11-44-93)97-73-78-118-112(83-97)104-53-18-24-60-116(104)135(118)120-62-26-30-68-128(120)139-127-67-29-21-55-108(127)110-56-34-64-122(135)131(110)139/h1-86H. The van der Waals surface area contributed by atoms with Crippen molar-refractivity contribution in [3.8, 4) is 89.3 Å². The van der Waals surface area contributed by atoms with E-state index in [-0.39, 0.29) is 0 Å². The molecule has 0 saturated heterocycles. The van der Waals surface area contributed by atoms with Gasteiger partial charge in [-0.15, -0.1) is 0 Å². The van der Waals surface area contributed by atoms with Crippen LogP contribution in [0.15, 0.2) is 522 Å². The van der Waals surface area contributed by atoms with Gasteiger partial charge in [0.1, 0.15) is 0 Å². The van der Waals surface area contributed by atoms with Crippen LogP contribution in [0.3, 0.4) is 0 Å². The largest absolute Gasteiger partial charge is 0.310 e. The van der Waals surface area contributed by atoms with Crippen molar-refractivity contribution >= 4 is 77.7 Å². The first-order chi connectivity index (χ1) is 69.5. The lowest BCUT2D eigenvalue weighted by atomic mass is 9.65. The second kappa shape index (κ2) is 29.8. The Balaban J connectivity index is 0.568. The highest BCUT2D eigenvalue weighted by Gasteiger charge is 2.55. The highest BCUT2D eigenvalue weighted by Crippen LogP contribution is 2.67. The Morgan fingerprint density at radius 3 is 0.986 bits per heavy atom. The van der Waals surface area contributed by atoms with E-state index in [0.717, 1.165) is 67.5 Å². The lowest BCUT2D eigenvalue weighted by Crippen LogP contribution is -2.33. The van der Waals surface area contributed by atoms with Gasteiger partial charge in [0.2, 0.25) is 0 Å². The maximum Gasteiger partial charge on any atom is 0.0754 e. The molecule has 140 heavy (non-hydrogen) atoms. The molecule has 22 aromatic carbocycles. The third-order valence-electron chi connectivity index (χ3n) is 32.2. The van der Waals surface area contributed by atoms with E-state index < -0.39 is 21.7 Å². The molecule has 2 spiro atoms. The molecular formula is C136H86N4. The van der Waals surface area contributed by atoms with Crippen molar-refractivity contribution in [2.75, 3.05) is 9.80 Å². The number of rotatable bonds is 13. The first-order valence-corrected chi connectivity index (χ1v) is 48.9. The summed E-state index contributed by atoms with van der Waals surface area (Å²) in [5.74, 6) is 0. The summed E-state index contributed by atoms with van der Waals surface area (Å²) in [6.07, 6.45) is 0. The van der Waals surface area contributed by atoms with E-state index in [1.165, 1.54) is 189 Å². The molecule has 650 valence electrons. The SMILES string of the molecule is c1ccc(-c2ccccc2N(c2ccc3c(c2)-c2ccccc2C32c3ccccc3-n3c4cc(-c5cccc(-c6cccc(N(c7ccc8c(c7)-c7ccccc7C87c8ccccc8-n8c9ccccc9c9cccc7c98)c7ccc8c(c7)C(c7ccccc7)(c7ccccc7)c7ccccc7-8)c6)c5)ccc4c4cccc2c43)c2ccc3c(c2)C(c2ccccc2)(c2ccccc2)c2ccccc2-3)cc1. The van der Waals surface area contributed by atoms with Gasteiger partial charge in [0.15, 0.2) is 0 Å². The molecule has 4 nitrogen and oxygen atoms in total. The number of benzene rings is 22. The van der Waals surface area contributed by atoms with Crippen LogP contribution in [0.1, 0.15) is 89.0 Å². The molecule has 2 unspecified atom stereocenters.